The molecule has 0 bridgehead atoms. The topological polar surface area (TPSA) is 60.4 Å². The van der Waals surface area contributed by atoms with E-state index in [4.69, 9.17) is 16.3 Å². The van der Waals surface area contributed by atoms with Crippen molar-refractivity contribution in [2.45, 2.75) is 18.7 Å². The van der Waals surface area contributed by atoms with Gasteiger partial charge in [-0.15, -0.1) is 0 Å². The van der Waals surface area contributed by atoms with E-state index in [1.54, 1.807) is 43.3 Å². The third-order valence-electron chi connectivity index (χ3n) is 3.24. The van der Waals surface area contributed by atoms with Gasteiger partial charge in [0.15, 0.2) is 15.6 Å². The lowest BCUT2D eigenvalue weighted by molar-refractivity contribution is -0.139. The van der Waals surface area contributed by atoms with Crippen LogP contribution >= 0.6 is 11.6 Å². The molecular formula is C17H17ClO4S. The lowest BCUT2D eigenvalue weighted by atomic mass is 10.0. The van der Waals surface area contributed by atoms with Crippen molar-refractivity contribution in [2.75, 3.05) is 12.4 Å². The molecule has 0 aromatic heterocycles. The number of sulfone groups is 1. The molecule has 0 atom stereocenters. The summed E-state index contributed by atoms with van der Waals surface area (Å²) in [6.07, 6.45) is 0. The third-order valence-corrected chi connectivity index (χ3v) is 5.13. The molecule has 0 amide bonds. The number of benzene rings is 2. The summed E-state index contributed by atoms with van der Waals surface area (Å²) in [5, 5.41) is 0.567. The number of carbonyl (C=O) groups excluding carboxylic acids is 1. The second-order valence-electron chi connectivity index (χ2n) is 5.07. The zero-order valence-electron chi connectivity index (χ0n) is 12.9. The van der Waals surface area contributed by atoms with Crippen molar-refractivity contribution < 1.29 is 17.9 Å². The summed E-state index contributed by atoms with van der Waals surface area (Å²) in [6.45, 7) is 3.66. The quantitative estimate of drug-likeness (QED) is 0.770. The van der Waals surface area contributed by atoms with Gasteiger partial charge in [0.25, 0.3) is 0 Å². The second-order valence-corrected chi connectivity index (χ2v) is 7.47. The van der Waals surface area contributed by atoms with Crippen molar-refractivity contribution in [3.8, 4) is 11.1 Å². The van der Waals surface area contributed by atoms with E-state index in [2.05, 4.69) is 0 Å². The number of aryl methyl sites for hydroxylation is 1. The van der Waals surface area contributed by atoms with Crippen molar-refractivity contribution in [2.24, 2.45) is 0 Å². The molecule has 4 nitrogen and oxygen atoms in total. The molecule has 6 heteroatoms. The minimum Gasteiger partial charge on any atom is -0.465 e. The molecule has 2 rings (SSSR count). The van der Waals surface area contributed by atoms with Gasteiger partial charge in [-0.05, 0) is 37.6 Å². The van der Waals surface area contributed by atoms with Crippen LogP contribution in [0.3, 0.4) is 0 Å². The van der Waals surface area contributed by atoms with Gasteiger partial charge in [-0.1, -0.05) is 41.4 Å². The average molecular weight is 353 g/mol. The Labute approximate surface area is 141 Å². The fraction of sp³-hybridized carbons (Fsp3) is 0.235. The Bertz CT molecular complexity index is 811. The molecule has 0 unspecified atom stereocenters. The highest BCUT2D eigenvalue weighted by atomic mass is 35.5. The molecule has 0 saturated carbocycles. The molecule has 0 heterocycles. The van der Waals surface area contributed by atoms with E-state index >= 15 is 0 Å². The molecular weight excluding hydrogens is 336 g/mol. The Hall–Kier alpha value is -1.85. The van der Waals surface area contributed by atoms with Crippen molar-refractivity contribution in [1.29, 1.82) is 0 Å². The maximum atomic E-state index is 12.6. The van der Waals surface area contributed by atoms with Crippen LogP contribution in [0.5, 0.6) is 0 Å². The minimum atomic E-state index is -3.79. The molecule has 0 aliphatic rings. The zero-order valence-corrected chi connectivity index (χ0v) is 14.4. The first kappa shape index (κ1) is 17.5. The molecule has 0 fully saturated rings. The minimum absolute atomic E-state index is 0.110. The SMILES string of the molecule is CCOC(=O)CS(=O)(=O)c1ccc(C)cc1-c1ccc(Cl)cc1. The van der Waals surface area contributed by atoms with Gasteiger partial charge in [-0.3, -0.25) is 4.79 Å². The van der Waals surface area contributed by atoms with Crippen LogP contribution in [0.1, 0.15) is 12.5 Å². The predicted molar refractivity (Wildman–Crippen MR) is 90.3 cm³/mol. The van der Waals surface area contributed by atoms with Crippen LogP contribution in [-0.2, 0) is 19.4 Å². The van der Waals surface area contributed by atoms with E-state index in [-0.39, 0.29) is 11.5 Å². The van der Waals surface area contributed by atoms with E-state index < -0.39 is 21.6 Å². The second kappa shape index (κ2) is 7.15. The number of hydrogen-bond donors (Lipinski definition) is 0. The number of hydrogen-bond acceptors (Lipinski definition) is 4. The fourth-order valence-corrected chi connectivity index (χ4v) is 3.67. The van der Waals surface area contributed by atoms with Gasteiger partial charge < -0.3 is 4.74 Å². The lowest BCUT2D eigenvalue weighted by Gasteiger charge is -2.12. The normalized spacial score (nSPS) is 11.3. The van der Waals surface area contributed by atoms with Gasteiger partial charge in [0.1, 0.15) is 0 Å². The molecule has 0 radical (unpaired) electrons. The first-order valence-corrected chi connectivity index (χ1v) is 9.11. The number of halogens is 1. The first-order chi connectivity index (χ1) is 10.8. The van der Waals surface area contributed by atoms with Gasteiger partial charge in [-0.2, -0.15) is 0 Å². The van der Waals surface area contributed by atoms with E-state index in [9.17, 15) is 13.2 Å². The van der Waals surface area contributed by atoms with Gasteiger partial charge >= 0.3 is 5.97 Å². The largest absolute Gasteiger partial charge is 0.465 e. The molecule has 0 aliphatic carbocycles. The predicted octanol–water partition coefficient (Wildman–Crippen LogP) is 3.65. The standard InChI is InChI=1S/C17H17ClO4S/c1-3-22-17(19)11-23(20,21)16-9-4-12(2)10-15(16)13-5-7-14(18)8-6-13/h4-10H,3,11H2,1-2H3. The van der Waals surface area contributed by atoms with Crippen molar-refractivity contribution >= 4 is 27.4 Å². The average Bonchev–Trinajstić information content (AvgIpc) is 2.47. The molecule has 0 aliphatic heterocycles. The Morgan fingerprint density at radius 1 is 1.13 bits per heavy atom. The van der Waals surface area contributed by atoms with E-state index in [1.807, 2.05) is 6.92 Å². The summed E-state index contributed by atoms with van der Waals surface area (Å²) < 4.78 is 29.9. The van der Waals surface area contributed by atoms with Crippen LogP contribution in [0.4, 0.5) is 0 Å². The van der Waals surface area contributed by atoms with E-state index in [0.717, 1.165) is 11.1 Å². The summed E-state index contributed by atoms with van der Waals surface area (Å²) in [7, 11) is -3.79. The highest BCUT2D eigenvalue weighted by molar-refractivity contribution is 7.92. The number of rotatable bonds is 5. The summed E-state index contributed by atoms with van der Waals surface area (Å²) in [5.74, 6) is -1.43. The van der Waals surface area contributed by atoms with Crippen LogP contribution in [-0.4, -0.2) is 26.7 Å². The Morgan fingerprint density at radius 3 is 2.39 bits per heavy atom. The zero-order chi connectivity index (χ0) is 17.0. The summed E-state index contributed by atoms with van der Waals surface area (Å²) >= 11 is 5.88. The number of esters is 1. The lowest BCUT2D eigenvalue weighted by Crippen LogP contribution is -2.19. The van der Waals surface area contributed by atoms with E-state index in [1.165, 1.54) is 6.07 Å². The summed E-state index contributed by atoms with van der Waals surface area (Å²) in [4.78, 5) is 11.7. The van der Waals surface area contributed by atoms with Crippen LogP contribution < -0.4 is 0 Å². The molecule has 0 saturated heterocycles. The van der Waals surface area contributed by atoms with Crippen LogP contribution in [0.2, 0.25) is 5.02 Å². The molecule has 2 aromatic carbocycles. The van der Waals surface area contributed by atoms with Crippen molar-refractivity contribution in [3.63, 3.8) is 0 Å². The molecule has 23 heavy (non-hydrogen) atoms. The van der Waals surface area contributed by atoms with Crippen LogP contribution in [0.25, 0.3) is 11.1 Å². The van der Waals surface area contributed by atoms with Gasteiger partial charge in [0.05, 0.1) is 11.5 Å². The van der Waals surface area contributed by atoms with Gasteiger partial charge in [0, 0.05) is 10.6 Å². The summed E-state index contributed by atoms with van der Waals surface area (Å²) in [6, 6.07) is 11.9. The molecule has 2 aromatic rings. The summed E-state index contributed by atoms with van der Waals surface area (Å²) in [5.41, 5.74) is 2.19. The third kappa shape index (κ3) is 4.33. The fourth-order valence-electron chi connectivity index (χ4n) is 2.21. The Balaban J connectivity index is 2.50. The van der Waals surface area contributed by atoms with Crippen molar-refractivity contribution in [3.05, 3.63) is 53.1 Å². The van der Waals surface area contributed by atoms with Gasteiger partial charge in [-0.25, -0.2) is 8.42 Å². The monoisotopic (exact) mass is 352 g/mol. The highest BCUT2D eigenvalue weighted by Crippen LogP contribution is 2.30. The maximum absolute atomic E-state index is 12.6. The molecule has 0 spiro atoms. The van der Waals surface area contributed by atoms with Crippen molar-refractivity contribution in [1.82, 2.24) is 0 Å². The number of carbonyl (C=O) groups is 1. The van der Waals surface area contributed by atoms with Crippen LogP contribution in [0.15, 0.2) is 47.4 Å². The smallest absolute Gasteiger partial charge is 0.321 e. The first-order valence-electron chi connectivity index (χ1n) is 7.08. The molecule has 0 N–H and O–H groups in total. The van der Waals surface area contributed by atoms with E-state index in [0.29, 0.717) is 10.6 Å². The van der Waals surface area contributed by atoms with Crippen LogP contribution in [0, 0.1) is 6.92 Å². The maximum Gasteiger partial charge on any atom is 0.321 e. The molecule has 122 valence electrons. The Kier molecular flexibility index (Phi) is 5.44. The number of ether oxygens (including phenoxy) is 1. The Morgan fingerprint density at radius 2 is 1.78 bits per heavy atom. The highest BCUT2D eigenvalue weighted by Gasteiger charge is 2.24. The van der Waals surface area contributed by atoms with Gasteiger partial charge in [0.2, 0.25) is 0 Å².